The molecule has 1 heterocycles. The second kappa shape index (κ2) is 12.9. The van der Waals surface area contributed by atoms with Crippen LogP contribution in [0.1, 0.15) is 41.7 Å². The first-order valence-electron chi connectivity index (χ1n) is 18.0. The second-order valence-electron chi connectivity index (χ2n) is 14.4. The zero-order valence-corrected chi connectivity index (χ0v) is 29.2. The van der Waals surface area contributed by atoms with Crippen molar-refractivity contribution < 1.29 is 0 Å². The van der Waals surface area contributed by atoms with Gasteiger partial charge in [-0.1, -0.05) is 147 Å². The van der Waals surface area contributed by atoms with E-state index in [0.717, 1.165) is 19.6 Å². The summed E-state index contributed by atoms with van der Waals surface area (Å²) in [5.41, 5.74) is 19.1. The number of hydrogen-bond donors (Lipinski definition) is 1. The molecule has 1 aliphatic rings. The molecule has 1 N–H and O–H groups in total. The third kappa shape index (κ3) is 5.75. The van der Waals surface area contributed by atoms with Crippen LogP contribution in [0.15, 0.2) is 170 Å². The van der Waals surface area contributed by atoms with Gasteiger partial charge in [0.25, 0.3) is 0 Å². The number of rotatable bonds is 9. The van der Waals surface area contributed by atoms with E-state index in [1.54, 1.807) is 0 Å². The van der Waals surface area contributed by atoms with Gasteiger partial charge in [-0.25, -0.2) is 5.01 Å². The molecule has 3 nitrogen and oxygen atoms in total. The molecule has 7 aromatic carbocycles. The molecule has 0 atom stereocenters. The van der Waals surface area contributed by atoms with Crippen LogP contribution in [-0.2, 0) is 25.0 Å². The van der Waals surface area contributed by atoms with Crippen molar-refractivity contribution >= 4 is 21.8 Å². The number of fused-ring (bicyclic) bond motifs is 6. The summed E-state index contributed by atoms with van der Waals surface area (Å²) in [6.07, 6.45) is 0. The first-order chi connectivity index (χ1) is 25.0. The number of nitrogens with zero attached hydrogens (tertiary/aromatic N) is 2. The van der Waals surface area contributed by atoms with Crippen molar-refractivity contribution in [3.63, 3.8) is 0 Å². The standard InChI is InChI=1S/C48H41N3/c1-48(2)44-24-13-12-23-40(44)41-29-43-42-28-38(37-20-10-5-11-21-37)25-26-46(42)51(47(43)30-45(41)48)39-22-14-19-36(27-39)33-50(32-35-17-8-4-9-18-35)49-31-34-15-6-3-7-16-34/h3-30,49H,31-33H2,1-2H3. The molecule has 0 spiro atoms. The Morgan fingerprint density at radius 3 is 1.92 bits per heavy atom. The highest BCUT2D eigenvalue weighted by Gasteiger charge is 2.36. The van der Waals surface area contributed by atoms with Gasteiger partial charge in [-0.05, 0) is 86.5 Å². The Labute approximate surface area is 300 Å². The van der Waals surface area contributed by atoms with E-state index in [-0.39, 0.29) is 5.41 Å². The molecule has 3 heteroatoms. The average Bonchev–Trinajstić information content (AvgIpc) is 3.61. The highest BCUT2D eigenvalue weighted by molar-refractivity contribution is 6.12. The number of nitrogens with one attached hydrogen (secondary N) is 1. The Morgan fingerprint density at radius 2 is 1.14 bits per heavy atom. The van der Waals surface area contributed by atoms with Crippen molar-refractivity contribution in [1.82, 2.24) is 15.0 Å². The van der Waals surface area contributed by atoms with Crippen molar-refractivity contribution in [1.29, 1.82) is 0 Å². The molecule has 0 bridgehead atoms. The maximum absolute atomic E-state index is 3.74. The number of hydrogen-bond acceptors (Lipinski definition) is 2. The van der Waals surface area contributed by atoms with Crippen LogP contribution in [0.5, 0.6) is 0 Å². The number of hydrazine groups is 1. The van der Waals surface area contributed by atoms with Crippen LogP contribution in [0, 0.1) is 0 Å². The van der Waals surface area contributed by atoms with E-state index in [2.05, 4.69) is 199 Å². The van der Waals surface area contributed by atoms with E-state index in [1.807, 2.05) is 0 Å². The van der Waals surface area contributed by atoms with E-state index in [9.17, 15) is 0 Å². The van der Waals surface area contributed by atoms with E-state index in [4.69, 9.17) is 0 Å². The third-order valence-corrected chi connectivity index (χ3v) is 10.7. The Kier molecular flexibility index (Phi) is 7.88. The van der Waals surface area contributed by atoms with Crippen LogP contribution in [0.3, 0.4) is 0 Å². The predicted octanol–water partition coefficient (Wildman–Crippen LogP) is 11.5. The minimum Gasteiger partial charge on any atom is -0.309 e. The fraction of sp³-hybridized carbons (Fsp3) is 0.125. The van der Waals surface area contributed by atoms with Crippen molar-refractivity contribution in [3.8, 4) is 27.9 Å². The number of aromatic nitrogens is 1. The molecule has 0 radical (unpaired) electrons. The van der Waals surface area contributed by atoms with Crippen LogP contribution in [0.4, 0.5) is 0 Å². The molecule has 0 fully saturated rings. The SMILES string of the molecule is CC1(C)c2ccccc2-c2cc3c4cc(-c5ccccc5)ccc4n(-c4cccc(CN(Cc5ccccc5)NCc5ccccc5)c4)c3cc21. The molecule has 8 aromatic rings. The lowest BCUT2D eigenvalue weighted by Crippen LogP contribution is -2.36. The summed E-state index contributed by atoms with van der Waals surface area (Å²) >= 11 is 0. The summed E-state index contributed by atoms with van der Waals surface area (Å²) in [5, 5.41) is 4.90. The van der Waals surface area contributed by atoms with Gasteiger partial charge >= 0.3 is 0 Å². The zero-order valence-electron chi connectivity index (χ0n) is 29.2. The molecule has 0 saturated carbocycles. The maximum atomic E-state index is 3.74. The lowest BCUT2D eigenvalue weighted by atomic mass is 9.82. The molecule has 0 unspecified atom stereocenters. The molecule has 248 valence electrons. The monoisotopic (exact) mass is 659 g/mol. The van der Waals surface area contributed by atoms with Gasteiger partial charge in [0.1, 0.15) is 0 Å². The van der Waals surface area contributed by atoms with E-state index in [0.29, 0.717) is 0 Å². The molecular formula is C48H41N3. The Morgan fingerprint density at radius 1 is 0.490 bits per heavy atom. The Bertz CT molecular complexity index is 2490. The summed E-state index contributed by atoms with van der Waals surface area (Å²) in [6.45, 7) is 7.08. The van der Waals surface area contributed by atoms with Crippen molar-refractivity contribution in [2.24, 2.45) is 0 Å². The molecule has 0 aliphatic heterocycles. The smallest absolute Gasteiger partial charge is 0.0544 e. The fourth-order valence-corrected chi connectivity index (χ4v) is 8.09. The number of benzene rings is 7. The summed E-state index contributed by atoms with van der Waals surface area (Å²) in [5.74, 6) is 0. The quantitative estimate of drug-likeness (QED) is 0.156. The molecule has 9 rings (SSSR count). The van der Waals surface area contributed by atoms with Crippen LogP contribution >= 0.6 is 0 Å². The second-order valence-corrected chi connectivity index (χ2v) is 14.4. The first kappa shape index (κ1) is 31.3. The third-order valence-electron chi connectivity index (χ3n) is 10.7. The Balaban J connectivity index is 1.17. The summed E-state index contributed by atoms with van der Waals surface area (Å²) in [6, 6.07) is 62.1. The van der Waals surface area contributed by atoms with Gasteiger partial charge in [-0.15, -0.1) is 0 Å². The molecule has 51 heavy (non-hydrogen) atoms. The van der Waals surface area contributed by atoms with Crippen molar-refractivity contribution in [3.05, 3.63) is 198 Å². The Hall–Kier alpha value is -5.74. The van der Waals surface area contributed by atoms with Crippen molar-refractivity contribution in [2.45, 2.75) is 38.9 Å². The van der Waals surface area contributed by atoms with Gasteiger partial charge in [0.05, 0.1) is 11.0 Å². The summed E-state index contributed by atoms with van der Waals surface area (Å²) in [4.78, 5) is 0. The van der Waals surface area contributed by atoms with Crippen LogP contribution < -0.4 is 5.43 Å². The van der Waals surface area contributed by atoms with E-state index < -0.39 is 0 Å². The van der Waals surface area contributed by atoms with Crippen molar-refractivity contribution in [2.75, 3.05) is 0 Å². The highest BCUT2D eigenvalue weighted by atomic mass is 15.5. The van der Waals surface area contributed by atoms with Crippen LogP contribution in [0.25, 0.3) is 49.7 Å². The molecular weight excluding hydrogens is 619 g/mol. The average molecular weight is 660 g/mol. The molecule has 1 aromatic heterocycles. The van der Waals surface area contributed by atoms with Crippen LogP contribution in [0.2, 0.25) is 0 Å². The van der Waals surface area contributed by atoms with Crippen LogP contribution in [-0.4, -0.2) is 9.58 Å². The first-order valence-corrected chi connectivity index (χ1v) is 18.0. The van der Waals surface area contributed by atoms with E-state index >= 15 is 0 Å². The van der Waals surface area contributed by atoms with Gasteiger partial charge in [-0.2, -0.15) is 0 Å². The lowest BCUT2D eigenvalue weighted by molar-refractivity contribution is 0.165. The minimum absolute atomic E-state index is 0.0825. The molecule has 1 aliphatic carbocycles. The van der Waals surface area contributed by atoms with Gasteiger partial charge in [0, 0.05) is 41.5 Å². The zero-order chi connectivity index (χ0) is 34.4. The lowest BCUT2D eigenvalue weighted by Gasteiger charge is -2.24. The molecule has 0 amide bonds. The fourth-order valence-electron chi connectivity index (χ4n) is 8.09. The minimum atomic E-state index is -0.0825. The summed E-state index contributed by atoms with van der Waals surface area (Å²) in [7, 11) is 0. The van der Waals surface area contributed by atoms with Gasteiger partial charge in [-0.3, -0.25) is 5.43 Å². The summed E-state index contributed by atoms with van der Waals surface area (Å²) < 4.78 is 2.49. The molecule has 0 saturated heterocycles. The largest absolute Gasteiger partial charge is 0.309 e. The van der Waals surface area contributed by atoms with E-state index in [1.165, 1.54) is 77.6 Å². The normalized spacial score (nSPS) is 13.2. The predicted molar refractivity (Wildman–Crippen MR) is 213 cm³/mol. The van der Waals surface area contributed by atoms with Gasteiger partial charge in [0.2, 0.25) is 0 Å². The maximum Gasteiger partial charge on any atom is 0.0544 e. The van der Waals surface area contributed by atoms with Gasteiger partial charge in [0.15, 0.2) is 0 Å². The highest BCUT2D eigenvalue weighted by Crippen LogP contribution is 2.51. The van der Waals surface area contributed by atoms with Gasteiger partial charge < -0.3 is 4.57 Å². The topological polar surface area (TPSA) is 20.2 Å².